The molecule has 0 spiro atoms. The topological polar surface area (TPSA) is 129 Å². The van der Waals surface area contributed by atoms with Crippen molar-refractivity contribution in [2.75, 3.05) is 45.3 Å². The summed E-state index contributed by atoms with van der Waals surface area (Å²) in [5.41, 5.74) is 0.251. The molecular weight excluding hydrogens is 508 g/mol. The molecule has 3 aromatic rings. The predicted molar refractivity (Wildman–Crippen MR) is 132 cm³/mol. The van der Waals surface area contributed by atoms with Crippen molar-refractivity contribution in [2.24, 2.45) is 0 Å². The van der Waals surface area contributed by atoms with E-state index in [0.717, 1.165) is 0 Å². The van der Waals surface area contributed by atoms with Crippen LogP contribution in [0.4, 0.5) is 5.13 Å². The first-order valence-electron chi connectivity index (χ1n) is 11.1. The van der Waals surface area contributed by atoms with Crippen molar-refractivity contribution in [3.63, 3.8) is 0 Å². The fourth-order valence-corrected chi connectivity index (χ4v) is 5.32. The molecule has 192 valence electrons. The standard InChI is InChI=1S/C23H26N4O7S2/c1-16(15-31-2)33-20-13-17(22(28)26-23-24-7-12-35-23)14-21(25-20)34-18-3-5-19(6-4-18)36(29,30)27-8-10-32-11-9-27/h3-7,12-14,16H,8-11,15H2,1-2H3,(H,24,26,28)/t16-/m1/s1. The lowest BCUT2D eigenvalue weighted by Gasteiger charge is -2.26. The Hall–Kier alpha value is -3.10. The largest absolute Gasteiger partial charge is 0.472 e. The van der Waals surface area contributed by atoms with Gasteiger partial charge in [0.1, 0.15) is 11.9 Å². The van der Waals surface area contributed by atoms with Gasteiger partial charge in [-0.3, -0.25) is 10.1 Å². The van der Waals surface area contributed by atoms with Crippen LogP contribution in [0.3, 0.4) is 0 Å². The highest BCUT2D eigenvalue weighted by atomic mass is 32.2. The summed E-state index contributed by atoms with van der Waals surface area (Å²) in [4.78, 5) is 21.4. The van der Waals surface area contributed by atoms with Gasteiger partial charge < -0.3 is 18.9 Å². The van der Waals surface area contributed by atoms with E-state index in [0.29, 0.717) is 43.8 Å². The number of hydrogen-bond acceptors (Lipinski definition) is 10. The van der Waals surface area contributed by atoms with Gasteiger partial charge in [-0.25, -0.2) is 13.4 Å². The van der Waals surface area contributed by atoms with Gasteiger partial charge in [-0.2, -0.15) is 9.29 Å². The lowest BCUT2D eigenvalue weighted by atomic mass is 10.2. The minimum atomic E-state index is -3.63. The summed E-state index contributed by atoms with van der Waals surface area (Å²) in [6, 6.07) is 8.97. The molecule has 0 bridgehead atoms. The van der Waals surface area contributed by atoms with E-state index in [1.807, 2.05) is 6.92 Å². The van der Waals surface area contributed by atoms with Crippen molar-refractivity contribution in [1.82, 2.24) is 14.3 Å². The average molecular weight is 535 g/mol. The van der Waals surface area contributed by atoms with Crippen molar-refractivity contribution in [3.05, 3.63) is 53.5 Å². The number of ether oxygens (including phenoxy) is 4. The summed E-state index contributed by atoms with van der Waals surface area (Å²) in [5, 5.41) is 4.92. The molecule has 36 heavy (non-hydrogen) atoms. The number of pyridine rings is 1. The number of carbonyl (C=O) groups excluding carboxylic acids is 1. The number of thiazole rings is 1. The summed E-state index contributed by atoms with van der Waals surface area (Å²) in [6.45, 7) is 3.49. The Balaban J connectivity index is 1.55. The molecule has 1 fully saturated rings. The fraction of sp³-hybridized carbons (Fsp3) is 0.348. The second-order valence-corrected chi connectivity index (χ2v) is 10.6. The Labute approximate surface area is 213 Å². The van der Waals surface area contributed by atoms with Crippen LogP contribution in [0.25, 0.3) is 0 Å². The number of carbonyl (C=O) groups is 1. The minimum Gasteiger partial charge on any atom is -0.472 e. The van der Waals surface area contributed by atoms with Gasteiger partial charge in [0.25, 0.3) is 5.91 Å². The smallest absolute Gasteiger partial charge is 0.257 e. The Morgan fingerprint density at radius 3 is 2.58 bits per heavy atom. The van der Waals surface area contributed by atoms with Gasteiger partial charge in [0, 0.05) is 43.9 Å². The van der Waals surface area contributed by atoms with Crippen LogP contribution in [-0.4, -0.2) is 74.7 Å². The zero-order chi connectivity index (χ0) is 25.5. The van der Waals surface area contributed by atoms with E-state index in [1.165, 1.54) is 52.0 Å². The van der Waals surface area contributed by atoms with Crippen LogP contribution in [0.15, 0.2) is 52.9 Å². The Bertz CT molecular complexity index is 1260. The first-order chi connectivity index (χ1) is 17.3. The number of nitrogens with one attached hydrogen (secondary N) is 1. The number of rotatable bonds is 10. The fourth-order valence-electron chi connectivity index (χ4n) is 3.39. The molecule has 0 unspecified atom stereocenters. The number of amides is 1. The zero-order valence-corrected chi connectivity index (χ0v) is 21.4. The molecule has 1 N–H and O–H groups in total. The van der Waals surface area contributed by atoms with Crippen molar-refractivity contribution in [1.29, 1.82) is 0 Å². The number of methoxy groups -OCH3 is 1. The quantitative estimate of drug-likeness (QED) is 0.417. The van der Waals surface area contributed by atoms with Gasteiger partial charge >= 0.3 is 0 Å². The molecule has 0 saturated carbocycles. The molecule has 1 aliphatic rings. The third-order valence-corrected chi connectivity index (χ3v) is 7.67. The third-order valence-electron chi connectivity index (χ3n) is 5.07. The van der Waals surface area contributed by atoms with Crippen molar-refractivity contribution >= 4 is 32.4 Å². The number of sulfonamides is 1. The van der Waals surface area contributed by atoms with Crippen LogP contribution < -0.4 is 14.8 Å². The molecule has 1 saturated heterocycles. The van der Waals surface area contributed by atoms with Crippen LogP contribution in [0.5, 0.6) is 17.5 Å². The zero-order valence-electron chi connectivity index (χ0n) is 19.7. The molecule has 1 amide bonds. The number of anilines is 1. The van der Waals surface area contributed by atoms with E-state index in [1.54, 1.807) is 18.7 Å². The number of benzene rings is 1. The van der Waals surface area contributed by atoms with Gasteiger partial charge in [-0.15, -0.1) is 11.3 Å². The molecule has 1 aromatic carbocycles. The summed E-state index contributed by atoms with van der Waals surface area (Å²) in [5.74, 6) is 0.211. The summed E-state index contributed by atoms with van der Waals surface area (Å²) < 4.78 is 49.1. The van der Waals surface area contributed by atoms with Gasteiger partial charge in [0.05, 0.1) is 30.3 Å². The van der Waals surface area contributed by atoms with E-state index in [4.69, 9.17) is 18.9 Å². The second kappa shape index (κ2) is 11.8. The normalized spacial score (nSPS) is 15.3. The van der Waals surface area contributed by atoms with Crippen LogP contribution in [0.2, 0.25) is 0 Å². The van der Waals surface area contributed by atoms with Crippen molar-refractivity contribution in [3.8, 4) is 17.5 Å². The summed E-state index contributed by atoms with van der Waals surface area (Å²) in [6.07, 6.45) is 1.27. The van der Waals surface area contributed by atoms with Crippen molar-refractivity contribution < 1.29 is 32.2 Å². The maximum atomic E-state index is 12.8. The third kappa shape index (κ3) is 6.56. The SMILES string of the molecule is COC[C@@H](C)Oc1cc(C(=O)Nc2nccs2)cc(Oc2ccc(S(=O)(=O)N3CCOCC3)cc2)n1. The van der Waals surface area contributed by atoms with E-state index < -0.39 is 15.9 Å². The average Bonchev–Trinajstić information content (AvgIpc) is 3.38. The van der Waals surface area contributed by atoms with E-state index in [9.17, 15) is 13.2 Å². The number of nitrogens with zero attached hydrogens (tertiary/aromatic N) is 3. The predicted octanol–water partition coefficient (Wildman–Crippen LogP) is 3.02. The highest BCUT2D eigenvalue weighted by Gasteiger charge is 2.26. The molecule has 0 aliphatic carbocycles. The maximum Gasteiger partial charge on any atom is 0.257 e. The Morgan fingerprint density at radius 1 is 1.19 bits per heavy atom. The first kappa shape index (κ1) is 26.0. The molecule has 4 rings (SSSR count). The lowest BCUT2D eigenvalue weighted by Crippen LogP contribution is -2.40. The molecule has 2 aromatic heterocycles. The Kier molecular flexibility index (Phi) is 8.48. The van der Waals surface area contributed by atoms with Gasteiger partial charge in [0.15, 0.2) is 5.13 Å². The number of aromatic nitrogens is 2. The summed E-state index contributed by atoms with van der Waals surface area (Å²) >= 11 is 1.29. The molecule has 1 atom stereocenters. The molecule has 0 radical (unpaired) electrons. The van der Waals surface area contributed by atoms with Gasteiger partial charge in [0.2, 0.25) is 21.8 Å². The minimum absolute atomic E-state index is 0.102. The molecule has 3 heterocycles. The molecular formula is C23H26N4O7S2. The highest BCUT2D eigenvalue weighted by Crippen LogP contribution is 2.27. The lowest BCUT2D eigenvalue weighted by molar-refractivity contribution is 0.0730. The van der Waals surface area contributed by atoms with E-state index in [-0.39, 0.29) is 28.3 Å². The molecule has 13 heteroatoms. The van der Waals surface area contributed by atoms with Crippen LogP contribution in [0, 0.1) is 0 Å². The monoisotopic (exact) mass is 534 g/mol. The van der Waals surface area contributed by atoms with Crippen LogP contribution in [0.1, 0.15) is 17.3 Å². The number of hydrogen-bond donors (Lipinski definition) is 1. The Morgan fingerprint density at radius 2 is 1.92 bits per heavy atom. The molecule has 1 aliphatic heterocycles. The second-order valence-electron chi connectivity index (χ2n) is 7.80. The van der Waals surface area contributed by atoms with E-state index in [2.05, 4.69) is 15.3 Å². The number of morpholine rings is 1. The van der Waals surface area contributed by atoms with E-state index >= 15 is 0 Å². The molecule has 11 nitrogen and oxygen atoms in total. The summed E-state index contributed by atoms with van der Waals surface area (Å²) in [7, 11) is -2.07. The van der Waals surface area contributed by atoms with Crippen LogP contribution >= 0.6 is 11.3 Å². The van der Waals surface area contributed by atoms with Gasteiger partial charge in [-0.1, -0.05) is 0 Å². The first-order valence-corrected chi connectivity index (χ1v) is 13.4. The highest BCUT2D eigenvalue weighted by molar-refractivity contribution is 7.89. The van der Waals surface area contributed by atoms with Crippen molar-refractivity contribution in [2.45, 2.75) is 17.9 Å². The maximum absolute atomic E-state index is 12.8. The van der Waals surface area contributed by atoms with Crippen LogP contribution in [-0.2, 0) is 19.5 Å². The van der Waals surface area contributed by atoms with Gasteiger partial charge in [-0.05, 0) is 31.2 Å².